The fourth-order valence-electron chi connectivity index (χ4n) is 2.05. The number of benzene rings is 2. The van der Waals surface area contributed by atoms with Crippen molar-refractivity contribution in [2.45, 2.75) is 19.1 Å². The van der Waals surface area contributed by atoms with E-state index in [-0.39, 0.29) is 15.6 Å². The molecule has 0 saturated carbocycles. The Morgan fingerprint density at radius 3 is 2.22 bits per heavy atom. The molecule has 0 saturated heterocycles. The Morgan fingerprint density at radius 1 is 1.09 bits per heavy atom. The van der Waals surface area contributed by atoms with Gasteiger partial charge in [0.2, 0.25) is 0 Å². The van der Waals surface area contributed by atoms with E-state index in [0.717, 1.165) is 12.1 Å². The standard InChI is InChI=1S/C16H12Cl2F3NO/c1-9(10-4-2-5-11(8-10)16(19,20)21)22-15(23)14-12(17)6-3-7-13(14)18/h2-9H,1H3,(H,22,23). The van der Waals surface area contributed by atoms with Crippen molar-refractivity contribution >= 4 is 29.1 Å². The van der Waals surface area contributed by atoms with Gasteiger partial charge in [-0.3, -0.25) is 4.79 Å². The van der Waals surface area contributed by atoms with E-state index in [0.29, 0.717) is 5.56 Å². The predicted octanol–water partition coefficient (Wildman–Crippen LogP) is 5.50. The van der Waals surface area contributed by atoms with Gasteiger partial charge in [0.25, 0.3) is 5.91 Å². The van der Waals surface area contributed by atoms with Crippen LogP contribution in [-0.2, 0) is 6.18 Å². The van der Waals surface area contributed by atoms with Crippen LogP contribution in [0.3, 0.4) is 0 Å². The molecule has 122 valence electrons. The molecule has 0 aliphatic rings. The molecule has 7 heteroatoms. The monoisotopic (exact) mass is 361 g/mol. The quantitative estimate of drug-likeness (QED) is 0.767. The number of rotatable bonds is 3. The molecule has 1 N–H and O–H groups in total. The summed E-state index contributed by atoms with van der Waals surface area (Å²) >= 11 is 11.9. The van der Waals surface area contributed by atoms with Crippen molar-refractivity contribution < 1.29 is 18.0 Å². The van der Waals surface area contributed by atoms with Crippen LogP contribution in [0, 0.1) is 0 Å². The van der Waals surface area contributed by atoms with Crippen molar-refractivity contribution in [3.8, 4) is 0 Å². The molecule has 0 fully saturated rings. The van der Waals surface area contributed by atoms with Gasteiger partial charge in [-0.25, -0.2) is 0 Å². The summed E-state index contributed by atoms with van der Waals surface area (Å²) in [5, 5.41) is 2.94. The molecule has 2 aromatic carbocycles. The van der Waals surface area contributed by atoms with E-state index < -0.39 is 23.7 Å². The summed E-state index contributed by atoms with van der Waals surface area (Å²) in [6.07, 6.45) is -4.44. The maximum Gasteiger partial charge on any atom is 0.416 e. The number of nitrogens with one attached hydrogen (secondary N) is 1. The molecule has 0 aromatic heterocycles. The molecule has 2 nitrogen and oxygen atoms in total. The van der Waals surface area contributed by atoms with Crippen LogP contribution in [0.1, 0.15) is 34.5 Å². The highest BCUT2D eigenvalue weighted by Crippen LogP contribution is 2.31. The first kappa shape index (κ1) is 17.6. The molecule has 2 aromatic rings. The molecular formula is C16H12Cl2F3NO. The van der Waals surface area contributed by atoms with Crippen LogP contribution in [0.15, 0.2) is 42.5 Å². The summed E-state index contributed by atoms with van der Waals surface area (Å²) in [5.74, 6) is -0.550. The molecule has 0 bridgehead atoms. The van der Waals surface area contributed by atoms with E-state index >= 15 is 0 Å². The summed E-state index contributed by atoms with van der Waals surface area (Å²) in [6.45, 7) is 1.58. The van der Waals surface area contributed by atoms with Gasteiger partial charge in [0.1, 0.15) is 0 Å². The summed E-state index contributed by atoms with van der Waals surface area (Å²) in [4.78, 5) is 12.2. The van der Waals surface area contributed by atoms with Crippen molar-refractivity contribution in [2.24, 2.45) is 0 Å². The van der Waals surface area contributed by atoms with Crippen LogP contribution in [0.2, 0.25) is 10.0 Å². The topological polar surface area (TPSA) is 29.1 Å². The van der Waals surface area contributed by atoms with Crippen LogP contribution in [0.4, 0.5) is 13.2 Å². The third kappa shape index (κ3) is 4.18. The molecule has 0 spiro atoms. The molecule has 1 amide bonds. The minimum absolute atomic E-state index is 0.0923. The van der Waals surface area contributed by atoms with E-state index in [1.807, 2.05) is 0 Å². The lowest BCUT2D eigenvalue weighted by Crippen LogP contribution is -2.27. The maximum absolute atomic E-state index is 12.7. The number of hydrogen-bond acceptors (Lipinski definition) is 1. The zero-order valence-electron chi connectivity index (χ0n) is 11.9. The summed E-state index contributed by atoms with van der Waals surface area (Å²) in [5.41, 5.74) is -0.349. The van der Waals surface area contributed by atoms with Gasteiger partial charge in [0, 0.05) is 0 Å². The van der Waals surface area contributed by atoms with Gasteiger partial charge in [0.05, 0.1) is 27.2 Å². The van der Waals surface area contributed by atoms with E-state index in [1.54, 1.807) is 13.0 Å². The van der Waals surface area contributed by atoms with Gasteiger partial charge in [-0.05, 0) is 36.8 Å². The number of amides is 1. The van der Waals surface area contributed by atoms with Gasteiger partial charge >= 0.3 is 6.18 Å². The van der Waals surface area contributed by atoms with E-state index in [1.165, 1.54) is 24.3 Å². The Morgan fingerprint density at radius 2 is 1.65 bits per heavy atom. The smallest absolute Gasteiger partial charge is 0.345 e. The van der Waals surface area contributed by atoms with Crippen molar-refractivity contribution in [3.63, 3.8) is 0 Å². The molecule has 0 radical (unpaired) electrons. The van der Waals surface area contributed by atoms with Crippen LogP contribution < -0.4 is 5.32 Å². The van der Waals surface area contributed by atoms with Gasteiger partial charge in [-0.15, -0.1) is 0 Å². The Bertz CT molecular complexity index is 711. The molecule has 0 aliphatic heterocycles. The number of hydrogen-bond donors (Lipinski definition) is 1. The molecular weight excluding hydrogens is 350 g/mol. The average molecular weight is 362 g/mol. The van der Waals surface area contributed by atoms with Gasteiger partial charge in [-0.2, -0.15) is 13.2 Å². The molecule has 1 unspecified atom stereocenters. The fraction of sp³-hybridized carbons (Fsp3) is 0.188. The van der Waals surface area contributed by atoms with Crippen molar-refractivity contribution in [1.82, 2.24) is 5.32 Å². The third-order valence-corrected chi connectivity index (χ3v) is 3.88. The maximum atomic E-state index is 12.7. The van der Waals surface area contributed by atoms with Crippen LogP contribution in [-0.4, -0.2) is 5.91 Å². The number of carbonyl (C=O) groups is 1. The predicted molar refractivity (Wildman–Crippen MR) is 83.8 cm³/mol. The first-order valence-corrected chi connectivity index (χ1v) is 7.38. The fourth-order valence-corrected chi connectivity index (χ4v) is 2.62. The lowest BCUT2D eigenvalue weighted by molar-refractivity contribution is -0.137. The first-order chi connectivity index (χ1) is 10.7. The molecule has 0 heterocycles. The Labute approximate surface area is 141 Å². The van der Waals surface area contributed by atoms with Crippen molar-refractivity contribution in [2.75, 3.05) is 0 Å². The average Bonchev–Trinajstić information content (AvgIpc) is 2.46. The second-order valence-corrected chi connectivity index (χ2v) is 5.73. The van der Waals surface area contributed by atoms with E-state index in [4.69, 9.17) is 23.2 Å². The van der Waals surface area contributed by atoms with E-state index in [9.17, 15) is 18.0 Å². The lowest BCUT2D eigenvalue weighted by Gasteiger charge is -2.17. The Hall–Kier alpha value is -1.72. The Balaban J connectivity index is 2.22. The normalized spacial score (nSPS) is 12.8. The highest BCUT2D eigenvalue weighted by molar-refractivity contribution is 6.39. The van der Waals surface area contributed by atoms with Crippen LogP contribution in [0.25, 0.3) is 0 Å². The Kier molecular flexibility index (Phi) is 5.22. The number of alkyl halides is 3. The molecule has 0 aliphatic carbocycles. The molecule has 23 heavy (non-hydrogen) atoms. The second-order valence-electron chi connectivity index (χ2n) is 4.92. The first-order valence-electron chi connectivity index (χ1n) is 6.62. The van der Waals surface area contributed by atoms with Gasteiger partial charge in [0.15, 0.2) is 0 Å². The number of halogens is 5. The zero-order valence-corrected chi connectivity index (χ0v) is 13.4. The highest BCUT2D eigenvalue weighted by atomic mass is 35.5. The van der Waals surface area contributed by atoms with Crippen molar-refractivity contribution in [3.05, 3.63) is 69.2 Å². The van der Waals surface area contributed by atoms with Crippen LogP contribution >= 0.6 is 23.2 Å². The third-order valence-electron chi connectivity index (χ3n) is 3.25. The summed E-state index contributed by atoms with van der Waals surface area (Å²) in [7, 11) is 0. The molecule has 2 rings (SSSR count). The molecule has 1 atom stereocenters. The summed E-state index contributed by atoms with van der Waals surface area (Å²) in [6, 6.07) is 8.75. The van der Waals surface area contributed by atoms with Crippen LogP contribution in [0.5, 0.6) is 0 Å². The summed E-state index contributed by atoms with van der Waals surface area (Å²) < 4.78 is 38.2. The number of carbonyl (C=O) groups excluding carboxylic acids is 1. The largest absolute Gasteiger partial charge is 0.416 e. The SMILES string of the molecule is CC(NC(=O)c1c(Cl)cccc1Cl)c1cccc(C(F)(F)F)c1. The van der Waals surface area contributed by atoms with Gasteiger partial charge in [-0.1, -0.05) is 41.4 Å². The van der Waals surface area contributed by atoms with E-state index in [2.05, 4.69) is 5.32 Å². The second kappa shape index (κ2) is 6.81. The minimum atomic E-state index is -4.44. The highest BCUT2D eigenvalue weighted by Gasteiger charge is 2.30. The zero-order chi connectivity index (χ0) is 17.2. The van der Waals surface area contributed by atoms with Gasteiger partial charge < -0.3 is 5.32 Å². The van der Waals surface area contributed by atoms with Crippen molar-refractivity contribution in [1.29, 1.82) is 0 Å². The minimum Gasteiger partial charge on any atom is -0.345 e. The lowest BCUT2D eigenvalue weighted by atomic mass is 10.0.